The van der Waals surface area contributed by atoms with Crippen LogP contribution in [0.2, 0.25) is 0 Å². The zero-order valence-electron chi connectivity index (χ0n) is 15.6. The number of H-pyrrole nitrogens is 1. The van der Waals surface area contributed by atoms with Gasteiger partial charge < -0.3 is 9.88 Å². The maximum Gasteiger partial charge on any atom is 0.275 e. The van der Waals surface area contributed by atoms with E-state index >= 15 is 0 Å². The van der Waals surface area contributed by atoms with Crippen molar-refractivity contribution in [3.63, 3.8) is 0 Å². The number of aromatic amines is 1. The highest BCUT2D eigenvalue weighted by Gasteiger charge is 2.54. The van der Waals surface area contributed by atoms with Gasteiger partial charge in [-0.05, 0) is 30.5 Å². The Labute approximate surface area is 162 Å². The summed E-state index contributed by atoms with van der Waals surface area (Å²) in [7, 11) is 0. The number of aromatic nitrogens is 1. The second-order valence-electron chi connectivity index (χ2n) is 7.41. The number of nitrogens with zero attached hydrogens (tertiary/aromatic N) is 3. The van der Waals surface area contributed by atoms with Crippen LogP contribution in [0, 0.1) is 0 Å². The summed E-state index contributed by atoms with van der Waals surface area (Å²) >= 11 is 0. The minimum atomic E-state index is -1.07. The number of carbonyl (C=O) groups excluding carboxylic acids is 2. The van der Waals surface area contributed by atoms with Gasteiger partial charge in [0.1, 0.15) is 6.54 Å². The third-order valence-electron chi connectivity index (χ3n) is 5.81. The highest BCUT2D eigenvalue weighted by molar-refractivity contribution is 6.01. The number of amides is 2. The molecule has 0 unspecified atom stereocenters. The predicted octanol–water partition coefficient (Wildman–Crippen LogP) is 2.64. The monoisotopic (exact) mass is 372 g/mol. The maximum absolute atomic E-state index is 13.5. The molecule has 2 amide bonds. The van der Waals surface area contributed by atoms with Crippen molar-refractivity contribution in [2.24, 2.45) is 5.10 Å². The van der Waals surface area contributed by atoms with Crippen LogP contribution in [-0.2, 0) is 21.5 Å². The van der Waals surface area contributed by atoms with Crippen LogP contribution in [0.1, 0.15) is 23.7 Å². The lowest BCUT2D eigenvalue weighted by Crippen LogP contribution is -2.65. The fourth-order valence-corrected chi connectivity index (χ4v) is 4.36. The molecular formula is C22H20N4O2. The standard InChI is InChI=1S/C22H20N4O2/c1-22-20-17(16-9-5-6-10-18(16)24-20)11-12-25(22)19(27)14-26(21(22)28)23-13-15-7-3-2-4-8-15/h2-10,13,24H,11-12,14H2,1H3/t22-/m1/s1. The van der Waals surface area contributed by atoms with E-state index in [1.54, 1.807) is 11.1 Å². The lowest BCUT2D eigenvalue weighted by molar-refractivity contribution is -0.165. The summed E-state index contributed by atoms with van der Waals surface area (Å²) in [5.74, 6) is -0.275. The van der Waals surface area contributed by atoms with Crippen molar-refractivity contribution in [2.75, 3.05) is 13.1 Å². The van der Waals surface area contributed by atoms with Gasteiger partial charge >= 0.3 is 0 Å². The average molecular weight is 372 g/mol. The van der Waals surface area contributed by atoms with Gasteiger partial charge in [-0.2, -0.15) is 5.10 Å². The third-order valence-corrected chi connectivity index (χ3v) is 5.81. The first kappa shape index (κ1) is 16.7. The second kappa shape index (κ2) is 6.05. The van der Waals surface area contributed by atoms with Crippen LogP contribution >= 0.6 is 0 Å². The fourth-order valence-electron chi connectivity index (χ4n) is 4.36. The molecule has 28 heavy (non-hydrogen) atoms. The molecule has 0 bridgehead atoms. The third kappa shape index (κ3) is 2.30. The van der Waals surface area contributed by atoms with E-state index in [4.69, 9.17) is 0 Å². The molecule has 6 heteroatoms. The van der Waals surface area contributed by atoms with Crippen molar-refractivity contribution < 1.29 is 9.59 Å². The molecule has 2 aromatic carbocycles. The van der Waals surface area contributed by atoms with E-state index in [0.29, 0.717) is 6.54 Å². The molecule has 2 aliphatic heterocycles. The molecule has 0 saturated carbocycles. The van der Waals surface area contributed by atoms with E-state index in [1.807, 2.05) is 55.5 Å². The Morgan fingerprint density at radius 2 is 1.82 bits per heavy atom. The van der Waals surface area contributed by atoms with Crippen molar-refractivity contribution in [1.29, 1.82) is 0 Å². The molecule has 3 heterocycles. The van der Waals surface area contributed by atoms with Crippen LogP contribution in [-0.4, -0.2) is 46.0 Å². The first-order valence-corrected chi connectivity index (χ1v) is 9.40. The molecule has 1 saturated heterocycles. The summed E-state index contributed by atoms with van der Waals surface area (Å²) < 4.78 is 0. The lowest BCUT2D eigenvalue weighted by Gasteiger charge is -2.48. The zero-order chi connectivity index (χ0) is 19.3. The lowest BCUT2D eigenvalue weighted by atomic mass is 9.83. The molecule has 1 fully saturated rings. The Morgan fingerprint density at radius 3 is 2.64 bits per heavy atom. The van der Waals surface area contributed by atoms with E-state index in [1.165, 1.54) is 5.01 Å². The number of carbonyl (C=O) groups is 2. The molecule has 0 radical (unpaired) electrons. The van der Waals surface area contributed by atoms with Gasteiger partial charge in [-0.25, -0.2) is 5.01 Å². The van der Waals surface area contributed by atoms with Gasteiger partial charge in [-0.3, -0.25) is 9.59 Å². The summed E-state index contributed by atoms with van der Waals surface area (Å²) in [6.45, 7) is 2.32. The predicted molar refractivity (Wildman–Crippen MR) is 107 cm³/mol. The maximum atomic E-state index is 13.5. The van der Waals surface area contributed by atoms with E-state index in [9.17, 15) is 9.59 Å². The number of benzene rings is 2. The SMILES string of the molecule is C[C@@]12C(=O)N(N=Cc3ccccc3)CC(=O)N1CCc1c2[nH]c2ccccc12. The molecule has 0 spiro atoms. The molecule has 0 aliphatic carbocycles. The van der Waals surface area contributed by atoms with Crippen molar-refractivity contribution in [2.45, 2.75) is 18.9 Å². The number of rotatable bonds is 2. The number of para-hydroxylation sites is 1. The van der Waals surface area contributed by atoms with E-state index < -0.39 is 5.54 Å². The summed E-state index contributed by atoms with van der Waals surface area (Å²) in [4.78, 5) is 31.5. The molecular weight excluding hydrogens is 352 g/mol. The van der Waals surface area contributed by atoms with Crippen molar-refractivity contribution in [3.05, 3.63) is 71.4 Å². The Balaban J connectivity index is 1.59. The number of hydrazone groups is 1. The highest BCUT2D eigenvalue weighted by Crippen LogP contribution is 2.41. The number of piperazine rings is 1. The van der Waals surface area contributed by atoms with Crippen LogP contribution in [0.3, 0.4) is 0 Å². The van der Waals surface area contributed by atoms with E-state index in [2.05, 4.69) is 16.2 Å². The molecule has 5 rings (SSSR count). The van der Waals surface area contributed by atoms with Gasteiger partial charge in [0.05, 0.1) is 11.9 Å². The number of hydrogen-bond donors (Lipinski definition) is 1. The summed E-state index contributed by atoms with van der Waals surface area (Å²) in [5.41, 5.74) is 2.71. The van der Waals surface area contributed by atoms with Crippen LogP contribution in [0.25, 0.3) is 10.9 Å². The first-order chi connectivity index (χ1) is 13.6. The van der Waals surface area contributed by atoms with Crippen molar-refractivity contribution in [3.8, 4) is 0 Å². The Kier molecular flexibility index (Phi) is 3.62. The van der Waals surface area contributed by atoms with Gasteiger partial charge in [0, 0.05) is 17.4 Å². The minimum Gasteiger partial charge on any atom is -0.356 e. The first-order valence-electron chi connectivity index (χ1n) is 9.40. The number of fused-ring (bicyclic) bond motifs is 5. The quantitative estimate of drug-likeness (QED) is 0.703. The van der Waals surface area contributed by atoms with E-state index in [0.717, 1.165) is 34.1 Å². The Hall–Kier alpha value is -3.41. The summed E-state index contributed by atoms with van der Waals surface area (Å²) in [6.07, 6.45) is 2.36. The number of nitrogens with one attached hydrogen (secondary N) is 1. The van der Waals surface area contributed by atoms with Gasteiger partial charge in [-0.1, -0.05) is 48.5 Å². The van der Waals surface area contributed by atoms with Gasteiger partial charge in [0.15, 0.2) is 5.54 Å². The van der Waals surface area contributed by atoms with Crippen molar-refractivity contribution >= 4 is 28.9 Å². The molecule has 2 aliphatic rings. The Bertz CT molecular complexity index is 1120. The van der Waals surface area contributed by atoms with Crippen LogP contribution < -0.4 is 0 Å². The van der Waals surface area contributed by atoms with Crippen LogP contribution in [0.15, 0.2) is 59.7 Å². The highest BCUT2D eigenvalue weighted by atomic mass is 16.2. The summed E-state index contributed by atoms with van der Waals surface area (Å²) in [5, 5.41) is 6.76. The van der Waals surface area contributed by atoms with Gasteiger partial charge in [0.25, 0.3) is 5.91 Å². The van der Waals surface area contributed by atoms with Gasteiger partial charge in [0.2, 0.25) is 5.91 Å². The zero-order valence-corrected chi connectivity index (χ0v) is 15.6. The van der Waals surface area contributed by atoms with Crippen LogP contribution in [0.4, 0.5) is 0 Å². The van der Waals surface area contributed by atoms with Gasteiger partial charge in [-0.15, -0.1) is 0 Å². The number of hydrogen-bond acceptors (Lipinski definition) is 3. The van der Waals surface area contributed by atoms with Crippen molar-refractivity contribution in [1.82, 2.24) is 14.9 Å². The second-order valence-corrected chi connectivity index (χ2v) is 7.41. The fraction of sp³-hybridized carbons (Fsp3) is 0.227. The molecule has 140 valence electrons. The van der Waals surface area contributed by atoms with E-state index in [-0.39, 0.29) is 18.4 Å². The topological polar surface area (TPSA) is 68.8 Å². The Morgan fingerprint density at radius 1 is 1.07 bits per heavy atom. The molecule has 1 atom stereocenters. The smallest absolute Gasteiger partial charge is 0.275 e. The summed E-state index contributed by atoms with van der Waals surface area (Å²) in [6, 6.07) is 17.6. The normalized spacial score (nSPS) is 22.0. The average Bonchev–Trinajstić information content (AvgIpc) is 3.11. The largest absolute Gasteiger partial charge is 0.356 e. The molecule has 6 nitrogen and oxygen atoms in total. The van der Waals surface area contributed by atoms with Crippen LogP contribution in [0.5, 0.6) is 0 Å². The molecule has 3 aromatic rings. The molecule has 1 aromatic heterocycles. The molecule has 1 N–H and O–H groups in total. The minimum absolute atomic E-state index is 0.0344.